The van der Waals surface area contributed by atoms with Crippen LogP contribution in [0.4, 0.5) is 0 Å². The summed E-state index contributed by atoms with van der Waals surface area (Å²) in [6, 6.07) is 0.821. The molecule has 2 nitrogen and oxygen atoms in total. The molecule has 0 atom stereocenters. The first-order chi connectivity index (χ1) is 11.0. The third kappa shape index (κ3) is 8.54. The summed E-state index contributed by atoms with van der Waals surface area (Å²) in [6.45, 7) is 10.8. The van der Waals surface area contributed by atoms with Crippen molar-refractivity contribution in [1.29, 1.82) is 0 Å². The summed E-state index contributed by atoms with van der Waals surface area (Å²) in [4.78, 5) is 0. The minimum absolute atomic E-state index is 0.515. The van der Waals surface area contributed by atoms with Crippen molar-refractivity contribution in [2.45, 2.75) is 97.4 Å². The zero-order valence-electron chi connectivity index (χ0n) is 16.1. The van der Waals surface area contributed by atoms with Gasteiger partial charge in [0.1, 0.15) is 0 Å². The first kappa shape index (κ1) is 19.2. The van der Waals surface area contributed by atoms with Crippen LogP contribution in [0, 0.1) is 17.3 Å². The molecule has 2 rings (SSSR count). The van der Waals surface area contributed by atoms with Crippen molar-refractivity contribution < 1.29 is 0 Å². The van der Waals surface area contributed by atoms with Crippen LogP contribution in [0.3, 0.4) is 0 Å². The molecule has 0 spiro atoms. The Morgan fingerprint density at radius 1 is 0.783 bits per heavy atom. The minimum Gasteiger partial charge on any atom is -0.316 e. The molecular formula is C21H42N2. The Hall–Kier alpha value is -0.0800. The van der Waals surface area contributed by atoms with Gasteiger partial charge in [-0.2, -0.15) is 0 Å². The highest BCUT2D eigenvalue weighted by Gasteiger charge is 2.24. The summed E-state index contributed by atoms with van der Waals surface area (Å²) >= 11 is 0. The Kier molecular flexibility index (Phi) is 8.40. The van der Waals surface area contributed by atoms with E-state index in [9.17, 15) is 0 Å². The number of nitrogens with one attached hydrogen (secondary N) is 2. The van der Waals surface area contributed by atoms with Crippen molar-refractivity contribution >= 4 is 0 Å². The van der Waals surface area contributed by atoms with Gasteiger partial charge in [0.05, 0.1) is 0 Å². The maximum absolute atomic E-state index is 3.75. The molecule has 0 amide bonds. The largest absolute Gasteiger partial charge is 0.316 e. The van der Waals surface area contributed by atoms with Crippen LogP contribution in [-0.4, -0.2) is 25.7 Å². The van der Waals surface area contributed by atoms with Crippen LogP contribution in [0.25, 0.3) is 0 Å². The molecule has 0 unspecified atom stereocenters. The van der Waals surface area contributed by atoms with Gasteiger partial charge in [-0.3, -0.25) is 0 Å². The second-order valence-corrected chi connectivity index (χ2v) is 9.50. The standard InChI is InChI=1S/C21H42N2/c1-21(2,3)16-18-10-12-19(13-11-18)17-22-14-7-15-23-20-8-5-4-6-9-20/h18-20,22-23H,4-17H2,1-3H3. The monoisotopic (exact) mass is 322 g/mol. The van der Waals surface area contributed by atoms with E-state index in [1.54, 1.807) is 0 Å². The first-order valence-corrected chi connectivity index (χ1v) is 10.5. The van der Waals surface area contributed by atoms with Crippen LogP contribution in [0.15, 0.2) is 0 Å². The van der Waals surface area contributed by atoms with E-state index in [2.05, 4.69) is 31.4 Å². The maximum Gasteiger partial charge on any atom is 0.00670 e. The van der Waals surface area contributed by atoms with E-state index in [-0.39, 0.29) is 0 Å². The van der Waals surface area contributed by atoms with E-state index in [1.165, 1.54) is 90.3 Å². The van der Waals surface area contributed by atoms with E-state index in [0.717, 1.165) is 17.9 Å². The molecule has 0 aliphatic heterocycles. The fourth-order valence-corrected chi connectivity index (χ4v) is 4.64. The number of hydrogen-bond donors (Lipinski definition) is 2. The Bertz CT molecular complexity index is 293. The van der Waals surface area contributed by atoms with E-state index in [1.807, 2.05) is 0 Å². The van der Waals surface area contributed by atoms with Gasteiger partial charge in [-0.15, -0.1) is 0 Å². The zero-order chi connectivity index (χ0) is 16.5. The van der Waals surface area contributed by atoms with Gasteiger partial charge in [0.2, 0.25) is 0 Å². The SMILES string of the molecule is CC(C)(C)CC1CCC(CNCCCNC2CCCCC2)CC1. The van der Waals surface area contributed by atoms with Crippen LogP contribution in [-0.2, 0) is 0 Å². The molecule has 2 heteroatoms. The van der Waals surface area contributed by atoms with Crippen LogP contribution in [0.5, 0.6) is 0 Å². The molecule has 2 aliphatic carbocycles. The van der Waals surface area contributed by atoms with Crippen molar-refractivity contribution in [3.63, 3.8) is 0 Å². The molecule has 136 valence electrons. The average molecular weight is 323 g/mol. The summed E-state index contributed by atoms with van der Waals surface area (Å²) in [5, 5.41) is 7.46. The molecule has 2 fully saturated rings. The maximum atomic E-state index is 3.75. The third-order valence-corrected chi connectivity index (χ3v) is 5.87. The fraction of sp³-hybridized carbons (Fsp3) is 1.00. The van der Waals surface area contributed by atoms with Crippen molar-refractivity contribution in [3.8, 4) is 0 Å². The highest BCUT2D eigenvalue weighted by Crippen LogP contribution is 2.36. The molecule has 2 saturated carbocycles. The van der Waals surface area contributed by atoms with Gasteiger partial charge in [0, 0.05) is 6.04 Å². The molecule has 0 heterocycles. The molecule has 0 aromatic rings. The average Bonchev–Trinajstić information content (AvgIpc) is 2.52. The van der Waals surface area contributed by atoms with Gasteiger partial charge >= 0.3 is 0 Å². The van der Waals surface area contributed by atoms with Crippen molar-refractivity contribution in [3.05, 3.63) is 0 Å². The molecule has 2 aliphatic rings. The highest BCUT2D eigenvalue weighted by molar-refractivity contribution is 4.78. The van der Waals surface area contributed by atoms with Gasteiger partial charge in [-0.25, -0.2) is 0 Å². The Morgan fingerprint density at radius 2 is 1.43 bits per heavy atom. The second-order valence-electron chi connectivity index (χ2n) is 9.50. The van der Waals surface area contributed by atoms with Crippen molar-refractivity contribution in [1.82, 2.24) is 10.6 Å². The normalized spacial score (nSPS) is 27.3. The molecule has 23 heavy (non-hydrogen) atoms. The topological polar surface area (TPSA) is 24.1 Å². The smallest absolute Gasteiger partial charge is 0.00670 e. The van der Waals surface area contributed by atoms with Gasteiger partial charge in [0.15, 0.2) is 0 Å². The summed E-state index contributed by atoms with van der Waals surface area (Å²) in [7, 11) is 0. The lowest BCUT2D eigenvalue weighted by Crippen LogP contribution is -2.34. The molecule has 0 saturated heterocycles. The van der Waals surface area contributed by atoms with Crippen LogP contribution >= 0.6 is 0 Å². The molecular weight excluding hydrogens is 280 g/mol. The Labute approximate surface area is 145 Å². The molecule has 0 aromatic carbocycles. The second kappa shape index (κ2) is 10.0. The molecule has 0 bridgehead atoms. The number of rotatable bonds is 8. The Balaban J connectivity index is 1.43. The molecule has 2 N–H and O–H groups in total. The fourth-order valence-electron chi connectivity index (χ4n) is 4.64. The quantitative estimate of drug-likeness (QED) is 0.605. The lowest BCUT2D eigenvalue weighted by Gasteiger charge is -2.32. The molecule has 0 aromatic heterocycles. The van der Waals surface area contributed by atoms with E-state index < -0.39 is 0 Å². The van der Waals surface area contributed by atoms with Gasteiger partial charge in [-0.1, -0.05) is 52.9 Å². The summed E-state index contributed by atoms with van der Waals surface area (Å²) in [5.41, 5.74) is 0.515. The lowest BCUT2D eigenvalue weighted by atomic mass is 9.74. The van der Waals surface area contributed by atoms with Gasteiger partial charge < -0.3 is 10.6 Å². The zero-order valence-corrected chi connectivity index (χ0v) is 16.1. The molecule has 0 radical (unpaired) electrons. The third-order valence-electron chi connectivity index (χ3n) is 5.87. The highest BCUT2D eigenvalue weighted by atomic mass is 14.9. The van der Waals surface area contributed by atoms with Gasteiger partial charge in [0.25, 0.3) is 0 Å². The van der Waals surface area contributed by atoms with E-state index in [4.69, 9.17) is 0 Å². The predicted molar refractivity (Wildman–Crippen MR) is 102 cm³/mol. The Morgan fingerprint density at radius 3 is 2.09 bits per heavy atom. The lowest BCUT2D eigenvalue weighted by molar-refractivity contribution is 0.202. The van der Waals surface area contributed by atoms with E-state index in [0.29, 0.717) is 5.41 Å². The summed E-state index contributed by atoms with van der Waals surface area (Å²) in [5.74, 6) is 1.93. The van der Waals surface area contributed by atoms with Gasteiger partial charge in [-0.05, 0) is 75.4 Å². The van der Waals surface area contributed by atoms with Crippen LogP contribution < -0.4 is 10.6 Å². The summed E-state index contributed by atoms with van der Waals surface area (Å²) in [6.07, 6.45) is 15.7. The van der Waals surface area contributed by atoms with Crippen molar-refractivity contribution in [2.24, 2.45) is 17.3 Å². The van der Waals surface area contributed by atoms with Crippen molar-refractivity contribution in [2.75, 3.05) is 19.6 Å². The van der Waals surface area contributed by atoms with E-state index >= 15 is 0 Å². The van der Waals surface area contributed by atoms with Crippen LogP contribution in [0.2, 0.25) is 0 Å². The first-order valence-electron chi connectivity index (χ1n) is 10.5. The summed E-state index contributed by atoms with van der Waals surface area (Å²) < 4.78 is 0. The predicted octanol–water partition coefficient (Wildman–Crippen LogP) is 5.13. The minimum atomic E-state index is 0.515. The van der Waals surface area contributed by atoms with Crippen LogP contribution in [0.1, 0.15) is 91.4 Å². The number of hydrogen-bond acceptors (Lipinski definition) is 2.